The third-order valence-electron chi connectivity index (χ3n) is 3.49. The maximum atomic E-state index is 11.9. The van der Waals surface area contributed by atoms with Crippen LogP contribution >= 0.6 is 11.6 Å². The second kappa shape index (κ2) is 6.19. The minimum atomic E-state index is -0.00602. The van der Waals surface area contributed by atoms with E-state index in [1.807, 2.05) is 13.0 Å². The molecule has 3 nitrogen and oxygen atoms in total. The first-order chi connectivity index (χ1) is 8.65. The van der Waals surface area contributed by atoms with E-state index in [-0.39, 0.29) is 5.91 Å². The lowest BCUT2D eigenvalue weighted by Crippen LogP contribution is -2.31. The fraction of sp³-hybridized carbons (Fsp3) is 0.571. The molecule has 0 saturated heterocycles. The number of pyridine rings is 1. The van der Waals surface area contributed by atoms with Crippen LogP contribution in [0.4, 0.5) is 0 Å². The molecular weight excluding hydrogens is 248 g/mol. The highest BCUT2D eigenvalue weighted by Crippen LogP contribution is 2.26. The van der Waals surface area contributed by atoms with Crippen LogP contribution in [0.2, 0.25) is 0 Å². The van der Waals surface area contributed by atoms with E-state index in [0.717, 1.165) is 37.9 Å². The lowest BCUT2D eigenvalue weighted by Gasteiger charge is -2.25. The summed E-state index contributed by atoms with van der Waals surface area (Å²) in [6.07, 6.45) is 6.03. The normalized spacial score (nSPS) is 23.7. The van der Waals surface area contributed by atoms with Gasteiger partial charge >= 0.3 is 0 Å². The largest absolute Gasteiger partial charge is 0.352 e. The predicted octanol–water partition coefficient (Wildman–Crippen LogP) is 2.92. The molecule has 1 aliphatic rings. The van der Waals surface area contributed by atoms with Gasteiger partial charge in [0.15, 0.2) is 0 Å². The first-order valence-electron chi connectivity index (χ1n) is 6.50. The number of nitrogens with zero attached hydrogens (tertiary/aromatic N) is 1. The molecule has 4 heteroatoms. The van der Waals surface area contributed by atoms with E-state index in [4.69, 9.17) is 11.6 Å². The molecule has 1 fully saturated rings. The number of amides is 1. The van der Waals surface area contributed by atoms with Crippen LogP contribution in [-0.4, -0.2) is 22.8 Å². The number of carbonyl (C=O) groups is 1. The van der Waals surface area contributed by atoms with E-state index >= 15 is 0 Å². The Morgan fingerprint density at radius 3 is 2.83 bits per heavy atom. The van der Waals surface area contributed by atoms with Gasteiger partial charge in [0, 0.05) is 29.4 Å². The van der Waals surface area contributed by atoms with Gasteiger partial charge < -0.3 is 5.32 Å². The Balaban J connectivity index is 1.81. The minimum absolute atomic E-state index is 0.00602. The summed E-state index contributed by atoms with van der Waals surface area (Å²) in [5.41, 5.74) is 1.55. The molecule has 1 amide bonds. The van der Waals surface area contributed by atoms with Crippen molar-refractivity contribution in [3.8, 4) is 0 Å². The molecule has 2 rings (SSSR count). The van der Waals surface area contributed by atoms with Crippen molar-refractivity contribution in [1.29, 1.82) is 0 Å². The van der Waals surface area contributed by atoms with E-state index in [1.165, 1.54) is 0 Å². The molecule has 1 heterocycles. The van der Waals surface area contributed by atoms with Crippen LogP contribution in [0.15, 0.2) is 18.3 Å². The van der Waals surface area contributed by atoms with Gasteiger partial charge in [-0.1, -0.05) is 0 Å². The second-order valence-corrected chi connectivity index (χ2v) is 5.63. The molecule has 98 valence electrons. The second-order valence-electron chi connectivity index (χ2n) is 5.01. The molecule has 1 aromatic heterocycles. The van der Waals surface area contributed by atoms with Gasteiger partial charge in [-0.3, -0.25) is 9.78 Å². The van der Waals surface area contributed by atoms with Gasteiger partial charge in [0.25, 0.3) is 5.91 Å². The molecule has 0 aromatic carbocycles. The number of rotatable bonds is 3. The summed E-state index contributed by atoms with van der Waals surface area (Å²) in [6, 6.07) is 3.56. The molecule has 0 bridgehead atoms. The van der Waals surface area contributed by atoms with Crippen LogP contribution in [0.25, 0.3) is 0 Å². The zero-order valence-corrected chi connectivity index (χ0v) is 11.4. The summed E-state index contributed by atoms with van der Waals surface area (Å²) in [4.78, 5) is 16.0. The number of aryl methyl sites for hydroxylation is 1. The van der Waals surface area contributed by atoms with Gasteiger partial charge in [-0.2, -0.15) is 0 Å². The zero-order chi connectivity index (χ0) is 13.0. The monoisotopic (exact) mass is 266 g/mol. The van der Waals surface area contributed by atoms with Crippen LogP contribution < -0.4 is 5.32 Å². The van der Waals surface area contributed by atoms with Crippen molar-refractivity contribution in [1.82, 2.24) is 10.3 Å². The van der Waals surface area contributed by atoms with Crippen LogP contribution in [0.1, 0.15) is 41.7 Å². The third kappa shape index (κ3) is 3.70. The molecule has 0 spiro atoms. The highest BCUT2D eigenvalue weighted by Gasteiger charge is 2.20. The van der Waals surface area contributed by atoms with Crippen LogP contribution in [0, 0.1) is 12.8 Å². The molecule has 0 aliphatic heterocycles. The van der Waals surface area contributed by atoms with E-state index < -0.39 is 0 Å². The quantitative estimate of drug-likeness (QED) is 0.855. The number of carbonyl (C=O) groups excluding carboxylic acids is 1. The van der Waals surface area contributed by atoms with Crippen molar-refractivity contribution in [2.75, 3.05) is 6.54 Å². The molecule has 18 heavy (non-hydrogen) atoms. The average molecular weight is 267 g/mol. The molecule has 1 saturated carbocycles. The third-order valence-corrected chi connectivity index (χ3v) is 3.92. The van der Waals surface area contributed by atoms with Crippen LogP contribution in [0.5, 0.6) is 0 Å². The lowest BCUT2D eigenvalue weighted by atomic mass is 9.89. The van der Waals surface area contributed by atoms with Gasteiger partial charge in [-0.05, 0) is 50.7 Å². The number of alkyl halides is 1. The Hall–Kier alpha value is -1.09. The fourth-order valence-electron chi connectivity index (χ4n) is 2.35. The maximum absolute atomic E-state index is 11.9. The Morgan fingerprint density at radius 2 is 2.17 bits per heavy atom. The maximum Gasteiger partial charge on any atom is 0.251 e. The van der Waals surface area contributed by atoms with Crippen LogP contribution in [0.3, 0.4) is 0 Å². The molecule has 0 radical (unpaired) electrons. The Bertz CT molecular complexity index is 414. The van der Waals surface area contributed by atoms with Crippen molar-refractivity contribution < 1.29 is 4.79 Å². The standard InChI is InChI=1S/C14H19ClN2O/c1-10-8-12(6-7-16-10)14(18)17-9-11-2-4-13(15)5-3-11/h6-8,11,13H,2-5,9H2,1H3,(H,17,18). The van der Waals surface area contributed by atoms with Crippen molar-refractivity contribution in [2.45, 2.75) is 38.0 Å². The fourth-order valence-corrected chi connectivity index (χ4v) is 2.60. The lowest BCUT2D eigenvalue weighted by molar-refractivity contribution is 0.0943. The van der Waals surface area contributed by atoms with Gasteiger partial charge in [-0.25, -0.2) is 0 Å². The first kappa shape index (κ1) is 13.3. The highest BCUT2D eigenvalue weighted by atomic mass is 35.5. The molecule has 0 unspecified atom stereocenters. The summed E-state index contributed by atoms with van der Waals surface area (Å²) in [5, 5.41) is 3.33. The van der Waals surface area contributed by atoms with Crippen molar-refractivity contribution in [3.05, 3.63) is 29.6 Å². The van der Waals surface area contributed by atoms with E-state index in [0.29, 0.717) is 16.9 Å². The predicted molar refractivity (Wildman–Crippen MR) is 72.9 cm³/mol. The number of hydrogen-bond acceptors (Lipinski definition) is 2. The van der Waals surface area contributed by atoms with E-state index in [2.05, 4.69) is 10.3 Å². The van der Waals surface area contributed by atoms with Crippen LogP contribution in [-0.2, 0) is 0 Å². The zero-order valence-electron chi connectivity index (χ0n) is 10.7. The van der Waals surface area contributed by atoms with Gasteiger partial charge in [0.1, 0.15) is 0 Å². The van der Waals surface area contributed by atoms with Crippen molar-refractivity contribution >= 4 is 17.5 Å². The van der Waals surface area contributed by atoms with E-state index in [1.54, 1.807) is 12.3 Å². The number of halogens is 1. The average Bonchev–Trinajstić information content (AvgIpc) is 2.38. The summed E-state index contributed by atoms with van der Waals surface area (Å²) in [7, 11) is 0. The molecule has 0 atom stereocenters. The number of hydrogen-bond donors (Lipinski definition) is 1. The SMILES string of the molecule is Cc1cc(C(=O)NCC2CCC(Cl)CC2)ccn1. The summed E-state index contributed by atoms with van der Waals surface area (Å²) < 4.78 is 0. The summed E-state index contributed by atoms with van der Waals surface area (Å²) in [5.74, 6) is 0.570. The molecule has 1 aliphatic carbocycles. The number of nitrogens with one attached hydrogen (secondary N) is 1. The highest BCUT2D eigenvalue weighted by molar-refractivity contribution is 6.20. The van der Waals surface area contributed by atoms with Gasteiger partial charge in [0.05, 0.1) is 0 Å². The summed E-state index contributed by atoms with van der Waals surface area (Å²) >= 11 is 6.06. The molecule has 1 N–H and O–H groups in total. The topological polar surface area (TPSA) is 42.0 Å². The van der Waals surface area contributed by atoms with Crippen molar-refractivity contribution in [3.63, 3.8) is 0 Å². The Morgan fingerprint density at radius 1 is 1.44 bits per heavy atom. The molecular formula is C14H19ClN2O. The van der Waals surface area contributed by atoms with E-state index in [9.17, 15) is 4.79 Å². The summed E-state index contributed by atoms with van der Waals surface area (Å²) in [6.45, 7) is 2.64. The van der Waals surface area contributed by atoms with Gasteiger partial charge in [-0.15, -0.1) is 11.6 Å². The Labute approximate surface area is 113 Å². The number of aromatic nitrogens is 1. The van der Waals surface area contributed by atoms with Crippen molar-refractivity contribution in [2.24, 2.45) is 5.92 Å². The Kier molecular flexibility index (Phi) is 4.59. The minimum Gasteiger partial charge on any atom is -0.352 e. The smallest absolute Gasteiger partial charge is 0.251 e. The van der Waals surface area contributed by atoms with Gasteiger partial charge in [0.2, 0.25) is 0 Å². The first-order valence-corrected chi connectivity index (χ1v) is 6.93. The molecule has 1 aromatic rings.